The zero-order valence-electron chi connectivity index (χ0n) is 18.6. The van der Waals surface area contributed by atoms with Gasteiger partial charge in [0.15, 0.2) is 0 Å². The van der Waals surface area contributed by atoms with E-state index in [4.69, 9.17) is 34.8 Å². The van der Waals surface area contributed by atoms with Crippen LogP contribution in [0.25, 0.3) is 0 Å². The second-order valence-electron chi connectivity index (χ2n) is 7.56. The molecular weight excluding hydrogens is 511 g/mol. The van der Waals surface area contributed by atoms with Crippen LogP contribution in [0.5, 0.6) is 0 Å². The summed E-state index contributed by atoms with van der Waals surface area (Å²) in [6.07, 6.45) is 0.367. The van der Waals surface area contributed by atoms with Gasteiger partial charge in [0, 0.05) is 45.0 Å². The number of thioether (sulfide) groups is 1. The molecule has 0 aliphatic rings. The Labute approximate surface area is 219 Å². The molecule has 0 saturated heterocycles. The monoisotopic (exact) mass is 534 g/mol. The van der Waals surface area contributed by atoms with Crippen LogP contribution in [0.3, 0.4) is 0 Å². The summed E-state index contributed by atoms with van der Waals surface area (Å²) in [6, 6.07) is 21.4. The first kappa shape index (κ1) is 26.4. The van der Waals surface area contributed by atoms with Gasteiger partial charge in [-0.3, -0.25) is 9.59 Å². The van der Waals surface area contributed by atoms with E-state index in [2.05, 4.69) is 5.32 Å². The van der Waals surface area contributed by atoms with E-state index in [-0.39, 0.29) is 24.1 Å². The van der Waals surface area contributed by atoms with Crippen molar-refractivity contribution in [2.45, 2.75) is 30.8 Å². The van der Waals surface area contributed by atoms with E-state index >= 15 is 0 Å². The fourth-order valence-electron chi connectivity index (χ4n) is 3.46. The fourth-order valence-corrected chi connectivity index (χ4v) is 4.89. The predicted molar refractivity (Wildman–Crippen MR) is 142 cm³/mol. The third kappa shape index (κ3) is 7.41. The number of likely N-dealkylation sites (N-methyl/N-ethyl adjacent to an activating group) is 1. The van der Waals surface area contributed by atoms with Gasteiger partial charge >= 0.3 is 0 Å². The maximum Gasteiger partial charge on any atom is 0.243 e. The Balaban J connectivity index is 1.93. The Morgan fingerprint density at radius 2 is 1.56 bits per heavy atom. The van der Waals surface area contributed by atoms with Crippen molar-refractivity contribution in [2.24, 2.45) is 0 Å². The number of halogens is 3. The first-order valence-electron chi connectivity index (χ1n) is 10.8. The summed E-state index contributed by atoms with van der Waals surface area (Å²) in [7, 11) is 0. The Morgan fingerprint density at radius 1 is 0.912 bits per heavy atom. The number of hydrogen-bond donors (Lipinski definition) is 1. The molecule has 0 spiro atoms. The smallest absolute Gasteiger partial charge is 0.243 e. The molecule has 0 aromatic heterocycles. The number of benzene rings is 3. The first-order chi connectivity index (χ1) is 16.4. The molecule has 0 fully saturated rings. The van der Waals surface area contributed by atoms with Crippen LogP contribution in [0.2, 0.25) is 15.1 Å². The minimum atomic E-state index is -0.729. The third-order valence-electron chi connectivity index (χ3n) is 5.19. The number of rotatable bonds is 10. The maximum absolute atomic E-state index is 13.6. The van der Waals surface area contributed by atoms with Crippen molar-refractivity contribution >= 4 is 58.4 Å². The highest BCUT2D eigenvalue weighted by Crippen LogP contribution is 2.28. The highest BCUT2D eigenvalue weighted by molar-refractivity contribution is 8.00. The molecule has 1 N–H and O–H groups in total. The normalized spacial score (nSPS) is 11.6. The third-order valence-corrected chi connectivity index (χ3v) is 7.15. The highest BCUT2D eigenvalue weighted by Gasteiger charge is 2.31. The van der Waals surface area contributed by atoms with Gasteiger partial charge in [-0.25, -0.2) is 0 Å². The Hall–Kier alpha value is -2.18. The second kappa shape index (κ2) is 13.1. The Kier molecular flexibility index (Phi) is 10.1. The van der Waals surface area contributed by atoms with Gasteiger partial charge in [0.05, 0.1) is 5.75 Å². The molecule has 0 radical (unpaired) electrons. The van der Waals surface area contributed by atoms with Gasteiger partial charge in [-0.1, -0.05) is 71.2 Å². The van der Waals surface area contributed by atoms with Crippen molar-refractivity contribution < 1.29 is 9.59 Å². The largest absolute Gasteiger partial charge is 0.355 e. The van der Waals surface area contributed by atoms with Crippen molar-refractivity contribution in [3.05, 3.63) is 99.0 Å². The minimum Gasteiger partial charge on any atom is -0.355 e. The van der Waals surface area contributed by atoms with Crippen LogP contribution in [0, 0.1) is 0 Å². The highest BCUT2D eigenvalue weighted by atomic mass is 35.5. The summed E-state index contributed by atoms with van der Waals surface area (Å²) in [5.41, 5.74) is 1.56. The molecule has 0 aliphatic heterocycles. The number of carbonyl (C=O) groups excluding carboxylic acids is 2. The molecule has 34 heavy (non-hydrogen) atoms. The van der Waals surface area contributed by atoms with Crippen LogP contribution in [-0.2, 0) is 22.6 Å². The molecular formula is C26H25Cl3N2O2S. The summed E-state index contributed by atoms with van der Waals surface area (Å²) < 4.78 is 0. The molecule has 0 aliphatic carbocycles. The number of amides is 2. The van der Waals surface area contributed by atoms with Crippen molar-refractivity contribution in [1.82, 2.24) is 10.2 Å². The lowest BCUT2D eigenvalue weighted by Gasteiger charge is -2.32. The van der Waals surface area contributed by atoms with Gasteiger partial charge in [-0.2, -0.15) is 0 Å². The molecule has 0 saturated carbocycles. The van der Waals surface area contributed by atoms with Crippen molar-refractivity contribution in [3.8, 4) is 0 Å². The zero-order chi connectivity index (χ0) is 24.5. The number of nitrogens with one attached hydrogen (secondary N) is 1. The van der Waals surface area contributed by atoms with E-state index in [1.165, 1.54) is 11.8 Å². The summed E-state index contributed by atoms with van der Waals surface area (Å²) in [4.78, 5) is 29.2. The first-order valence-corrected chi connectivity index (χ1v) is 12.9. The summed E-state index contributed by atoms with van der Waals surface area (Å²) in [6.45, 7) is 2.43. The molecule has 0 unspecified atom stereocenters. The zero-order valence-corrected chi connectivity index (χ0v) is 21.7. The number of nitrogens with zero attached hydrogens (tertiary/aromatic N) is 1. The Bertz CT molecular complexity index is 1090. The van der Waals surface area contributed by atoms with Crippen LogP contribution in [-0.4, -0.2) is 35.1 Å². The van der Waals surface area contributed by atoms with Gasteiger partial charge < -0.3 is 10.2 Å². The van der Waals surface area contributed by atoms with E-state index < -0.39 is 6.04 Å². The van der Waals surface area contributed by atoms with Gasteiger partial charge in [0.25, 0.3) is 0 Å². The Morgan fingerprint density at radius 3 is 2.18 bits per heavy atom. The summed E-state index contributed by atoms with van der Waals surface area (Å²) in [5, 5.41) is 4.40. The van der Waals surface area contributed by atoms with Crippen LogP contribution < -0.4 is 5.32 Å². The van der Waals surface area contributed by atoms with E-state index in [1.807, 2.05) is 49.4 Å². The standard InChI is InChI=1S/C26H25Cl3N2O2S/c1-2-30-26(33)24(15-18-7-4-3-5-8-18)31(16-21-22(28)9-6-10-23(21)29)25(32)17-34-20-13-11-19(27)12-14-20/h3-14,24H,2,15-17H2,1H3,(H,30,33)/t24-/m1/s1. The predicted octanol–water partition coefficient (Wildman–Crippen LogP) is 6.52. The molecule has 3 aromatic carbocycles. The lowest BCUT2D eigenvalue weighted by molar-refractivity contribution is -0.139. The van der Waals surface area contributed by atoms with Crippen molar-refractivity contribution in [1.29, 1.82) is 0 Å². The molecule has 3 aromatic rings. The SMILES string of the molecule is CCNC(=O)[C@@H](Cc1ccccc1)N(Cc1c(Cl)cccc1Cl)C(=O)CSc1ccc(Cl)cc1. The van der Waals surface area contributed by atoms with Crippen LogP contribution >= 0.6 is 46.6 Å². The molecule has 178 valence electrons. The maximum atomic E-state index is 13.6. The van der Waals surface area contributed by atoms with Gasteiger partial charge in [-0.15, -0.1) is 11.8 Å². The molecule has 1 atom stereocenters. The molecule has 8 heteroatoms. The van der Waals surface area contributed by atoms with Gasteiger partial charge in [-0.05, 0) is 48.9 Å². The van der Waals surface area contributed by atoms with Crippen molar-refractivity contribution in [3.63, 3.8) is 0 Å². The molecule has 0 bridgehead atoms. The average molecular weight is 536 g/mol. The molecule has 0 heterocycles. The molecule has 2 amide bonds. The number of hydrogen-bond acceptors (Lipinski definition) is 3. The summed E-state index contributed by atoms with van der Waals surface area (Å²) in [5.74, 6) is -0.267. The molecule has 3 rings (SSSR count). The fraction of sp³-hybridized carbons (Fsp3) is 0.231. The quantitative estimate of drug-likeness (QED) is 0.301. The lowest BCUT2D eigenvalue weighted by Crippen LogP contribution is -2.51. The minimum absolute atomic E-state index is 0.118. The van der Waals surface area contributed by atoms with E-state index in [1.54, 1.807) is 35.2 Å². The van der Waals surface area contributed by atoms with Crippen LogP contribution in [0.15, 0.2) is 77.7 Å². The van der Waals surface area contributed by atoms with Crippen LogP contribution in [0.4, 0.5) is 0 Å². The van der Waals surface area contributed by atoms with E-state index in [0.29, 0.717) is 33.6 Å². The van der Waals surface area contributed by atoms with Crippen LogP contribution in [0.1, 0.15) is 18.1 Å². The van der Waals surface area contributed by atoms with Gasteiger partial charge in [0.1, 0.15) is 6.04 Å². The van der Waals surface area contributed by atoms with Crippen molar-refractivity contribution in [2.75, 3.05) is 12.3 Å². The molecule has 4 nitrogen and oxygen atoms in total. The van der Waals surface area contributed by atoms with E-state index in [9.17, 15) is 9.59 Å². The van der Waals surface area contributed by atoms with Gasteiger partial charge in [0.2, 0.25) is 11.8 Å². The second-order valence-corrected chi connectivity index (χ2v) is 9.86. The summed E-state index contributed by atoms with van der Waals surface area (Å²) >= 11 is 20.2. The number of carbonyl (C=O) groups is 2. The average Bonchev–Trinajstić information content (AvgIpc) is 2.83. The van der Waals surface area contributed by atoms with E-state index in [0.717, 1.165) is 10.5 Å². The lowest BCUT2D eigenvalue weighted by atomic mass is 10.0. The topological polar surface area (TPSA) is 49.4 Å².